The van der Waals surface area contributed by atoms with Crippen LogP contribution in [0.15, 0.2) is 24.3 Å². The number of benzene rings is 1. The highest BCUT2D eigenvalue weighted by Gasteiger charge is 2.16. The summed E-state index contributed by atoms with van der Waals surface area (Å²) in [5.74, 6) is -0.891. The lowest BCUT2D eigenvalue weighted by atomic mass is 10.1. The molecule has 1 aromatic carbocycles. The molecule has 19 heavy (non-hydrogen) atoms. The molecule has 5 nitrogen and oxygen atoms in total. The first-order chi connectivity index (χ1) is 8.95. The maximum Gasteiger partial charge on any atom is 0.320 e. The molecule has 0 radical (unpaired) electrons. The Hall–Kier alpha value is -1.59. The lowest BCUT2D eigenvalue weighted by Gasteiger charge is -2.18. The molecular weight excluding hydrogens is 244 g/mol. The number of nitrogens with zero attached hydrogens (tertiary/aromatic N) is 1. The second-order valence-electron chi connectivity index (χ2n) is 4.71. The van der Waals surface area contributed by atoms with Gasteiger partial charge in [0.15, 0.2) is 0 Å². The summed E-state index contributed by atoms with van der Waals surface area (Å²) in [5.41, 5.74) is 1.83. The summed E-state index contributed by atoms with van der Waals surface area (Å²) in [6.07, 6.45) is -0.216. The molecule has 0 saturated heterocycles. The van der Waals surface area contributed by atoms with E-state index >= 15 is 0 Å². The first-order valence-electron chi connectivity index (χ1n) is 6.37. The number of rotatable bonds is 7. The Balaban J connectivity index is 2.58. The molecular formula is C14H22N2O3. The molecule has 0 aliphatic rings. The first kappa shape index (κ1) is 15.5. The molecule has 1 rings (SSSR count). The first-order valence-corrected chi connectivity index (χ1v) is 6.37. The molecule has 0 aliphatic heterocycles. The second-order valence-corrected chi connectivity index (χ2v) is 4.71. The molecule has 0 fully saturated rings. The maximum absolute atomic E-state index is 10.8. The number of aliphatic carboxylic acids is 1. The zero-order chi connectivity index (χ0) is 14.4. The summed E-state index contributed by atoms with van der Waals surface area (Å²) < 4.78 is 0. The smallest absolute Gasteiger partial charge is 0.320 e. The van der Waals surface area contributed by atoms with Gasteiger partial charge in [-0.3, -0.25) is 4.79 Å². The van der Waals surface area contributed by atoms with Crippen LogP contribution in [0.3, 0.4) is 0 Å². The number of aliphatic hydroxyl groups excluding tert-OH is 1. The maximum atomic E-state index is 10.8. The van der Waals surface area contributed by atoms with Crippen molar-refractivity contribution >= 4 is 11.7 Å². The summed E-state index contributed by atoms with van der Waals surface area (Å²) >= 11 is 0. The van der Waals surface area contributed by atoms with Crippen LogP contribution in [0, 0.1) is 0 Å². The number of anilines is 1. The molecule has 5 heteroatoms. The van der Waals surface area contributed by atoms with Gasteiger partial charge >= 0.3 is 5.97 Å². The Labute approximate surface area is 113 Å². The minimum atomic E-state index is -0.891. The molecule has 0 saturated carbocycles. The predicted octanol–water partition coefficient (Wildman–Crippen LogP) is 1.24. The Kier molecular flexibility index (Phi) is 5.79. The van der Waals surface area contributed by atoms with Crippen LogP contribution in [0.5, 0.6) is 0 Å². The zero-order valence-corrected chi connectivity index (χ0v) is 11.6. The van der Waals surface area contributed by atoms with Crippen LogP contribution in [0.1, 0.15) is 25.0 Å². The van der Waals surface area contributed by atoms with Gasteiger partial charge in [-0.2, -0.15) is 0 Å². The zero-order valence-electron chi connectivity index (χ0n) is 11.6. The third kappa shape index (κ3) is 4.54. The van der Waals surface area contributed by atoms with Gasteiger partial charge in [-0.05, 0) is 24.1 Å². The van der Waals surface area contributed by atoms with Crippen molar-refractivity contribution < 1.29 is 15.0 Å². The fraction of sp³-hybridized carbons (Fsp3) is 0.500. The van der Waals surface area contributed by atoms with Gasteiger partial charge in [-0.25, -0.2) is 0 Å². The Morgan fingerprint density at radius 3 is 2.32 bits per heavy atom. The van der Waals surface area contributed by atoms with Gasteiger partial charge in [0.05, 0.1) is 6.10 Å². The Bertz CT molecular complexity index is 404. The normalized spacial score (nSPS) is 13.9. The number of nitrogens with one attached hydrogen (secondary N) is 1. The molecule has 3 N–H and O–H groups in total. The molecule has 0 bridgehead atoms. The van der Waals surface area contributed by atoms with Crippen LogP contribution < -0.4 is 10.2 Å². The monoisotopic (exact) mass is 266 g/mol. The number of hydrogen-bond acceptors (Lipinski definition) is 4. The van der Waals surface area contributed by atoms with Crippen LogP contribution >= 0.6 is 0 Å². The lowest BCUT2D eigenvalue weighted by molar-refractivity contribution is -0.139. The molecule has 1 aromatic rings. The molecule has 0 aliphatic carbocycles. The number of carboxylic acids is 1. The summed E-state index contributed by atoms with van der Waals surface area (Å²) in [4.78, 5) is 12.8. The highest BCUT2D eigenvalue weighted by atomic mass is 16.4. The number of carboxylic acid groups (broad SMARTS) is 1. The van der Waals surface area contributed by atoms with E-state index < -0.39 is 18.1 Å². The van der Waals surface area contributed by atoms with E-state index in [1.807, 2.05) is 43.3 Å². The van der Waals surface area contributed by atoms with Crippen LogP contribution in [-0.2, 0) is 4.79 Å². The summed E-state index contributed by atoms with van der Waals surface area (Å²) in [5, 5.41) is 21.8. The molecule has 2 atom stereocenters. The van der Waals surface area contributed by atoms with E-state index in [0.29, 0.717) is 6.42 Å². The lowest BCUT2D eigenvalue weighted by Crippen LogP contribution is -2.38. The molecule has 2 unspecified atom stereocenters. The third-order valence-corrected chi connectivity index (χ3v) is 3.06. The molecule has 0 heterocycles. The highest BCUT2D eigenvalue weighted by Crippen LogP contribution is 2.17. The van der Waals surface area contributed by atoms with Gasteiger partial charge in [-0.15, -0.1) is 0 Å². The fourth-order valence-electron chi connectivity index (χ4n) is 1.77. The highest BCUT2D eigenvalue weighted by molar-refractivity contribution is 5.73. The van der Waals surface area contributed by atoms with Crippen LogP contribution in [-0.4, -0.2) is 42.9 Å². The largest absolute Gasteiger partial charge is 0.480 e. The van der Waals surface area contributed by atoms with Gasteiger partial charge < -0.3 is 20.4 Å². The van der Waals surface area contributed by atoms with Gasteiger partial charge in [0.2, 0.25) is 0 Å². The minimum absolute atomic E-state index is 0.228. The second kappa shape index (κ2) is 7.11. The van der Waals surface area contributed by atoms with Gasteiger partial charge in [0.25, 0.3) is 0 Å². The van der Waals surface area contributed by atoms with Gasteiger partial charge in [-0.1, -0.05) is 19.1 Å². The average molecular weight is 266 g/mol. The van der Waals surface area contributed by atoms with Crippen molar-refractivity contribution in [1.82, 2.24) is 5.32 Å². The van der Waals surface area contributed by atoms with E-state index in [4.69, 9.17) is 5.11 Å². The SMILES string of the molecule is CCC(NCC(O)c1ccc(N(C)C)cc1)C(=O)O. The van der Waals surface area contributed by atoms with Crippen LogP contribution in [0.2, 0.25) is 0 Å². The fourth-order valence-corrected chi connectivity index (χ4v) is 1.77. The predicted molar refractivity (Wildman–Crippen MR) is 75.4 cm³/mol. The van der Waals surface area contributed by atoms with E-state index in [0.717, 1.165) is 11.3 Å². The van der Waals surface area contributed by atoms with Crippen molar-refractivity contribution in [2.45, 2.75) is 25.5 Å². The Morgan fingerprint density at radius 1 is 1.32 bits per heavy atom. The minimum Gasteiger partial charge on any atom is -0.480 e. The van der Waals surface area contributed by atoms with Gasteiger partial charge in [0, 0.05) is 26.3 Å². The van der Waals surface area contributed by atoms with Crippen molar-refractivity contribution in [3.63, 3.8) is 0 Å². The van der Waals surface area contributed by atoms with Crippen molar-refractivity contribution in [3.05, 3.63) is 29.8 Å². The Morgan fingerprint density at radius 2 is 1.89 bits per heavy atom. The van der Waals surface area contributed by atoms with Crippen molar-refractivity contribution in [3.8, 4) is 0 Å². The van der Waals surface area contributed by atoms with Crippen molar-refractivity contribution in [1.29, 1.82) is 0 Å². The number of hydrogen-bond donors (Lipinski definition) is 3. The van der Waals surface area contributed by atoms with E-state index in [1.165, 1.54) is 0 Å². The summed E-state index contributed by atoms with van der Waals surface area (Å²) in [6.45, 7) is 2.02. The standard InChI is InChI=1S/C14H22N2O3/c1-4-12(14(18)19)15-9-13(17)10-5-7-11(8-6-10)16(2)3/h5-8,12-13,15,17H,4,9H2,1-3H3,(H,18,19). The van der Waals surface area contributed by atoms with E-state index in [-0.39, 0.29) is 6.54 Å². The topological polar surface area (TPSA) is 72.8 Å². The quantitative estimate of drug-likeness (QED) is 0.692. The number of aliphatic hydroxyl groups is 1. The van der Waals surface area contributed by atoms with Gasteiger partial charge in [0.1, 0.15) is 6.04 Å². The van der Waals surface area contributed by atoms with Crippen LogP contribution in [0.25, 0.3) is 0 Å². The number of carbonyl (C=O) groups is 1. The van der Waals surface area contributed by atoms with Crippen molar-refractivity contribution in [2.24, 2.45) is 0 Å². The molecule has 0 aromatic heterocycles. The summed E-state index contributed by atoms with van der Waals surface area (Å²) in [7, 11) is 3.90. The van der Waals surface area contributed by atoms with E-state index in [9.17, 15) is 9.90 Å². The average Bonchev–Trinajstić information content (AvgIpc) is 2.38. The summed E-state index contributed by atoms with van der Waals surface area (Å²) in [6, 6.07) is 6.93. The third-order valence-electron chi connectivity index (χ3n) is 3.06. The molecule has 106 valence electrons. The van der Waals surface area contributed by atoms with E-state index in [1.54, 1.807) is 6.92 Å². The van der Waals surface area contributed by atoms with Crippen molar-refractivity contribution in [2.75, 3.05) is 25.5 Å². The molecule has 0 amide bonds. The molecule has 0 spiro atoms. The van der Waals surface area contributed by atoms with E-state index in [2.05, 4.69) is 5.32 Å². The van der Waals surface area contributed by atoms with Crippen LogP contribution in [0.4, 0.5) is 5.69 Å².